The number of hydrogen-bond acceptors (Lipinski definition) is 5. The van der Waals surface area contributed by atoms with Crippen LogP contribution in [0.4, 0.5) is 5.69 Å². The third kappa shape index (κ3) is 7.41. The number of imide groups is 2. The Balaban J connectivity index is 1.03. The molecule has 0 spiro atoms. The molecule has 2 heterocycles. The van der Waals surface area contributed by atoms with Crippen molar-refractivity contribution in [1.29, 1.82) is 0 Å². The van der Waals surface area contributed by atoms with Gasteiger partial charge in [0.25, 0.3) is 23.6 Å². The predicted molar refractivity (Wildman–Crippen MR) is 186 cm³/mol. The van der Waals surface area contributed by atoms with Crippen LogP contribution in [0.15, 0.2) is 54.6 Å². The fourth-order valence-electron chi connectivity index (χ4n) is 7.68. The summed E-state index contributed by atoms with van der Waals surface area (Å²) in [5.74, 6) is -0.909. The molecule has 3 aromatic carbocycles. The maximum atomic E-state index is 13.6. The molecule has 0 saturated heterocycles. The number of nitrogens with zero attached hydrogens (tertiary/aromatic N) is 4. The molecule has 47 heavy (non-hydrogen) atoms. The molecule has 3 aromatic rings. The molecule has 0 atom stereocenters. The minimum atomic E-state index is -0.305. The van der Waals surface area contributed by atoms with E-state index in [2.05, 4.69) is 42.0 Å². The molecule has 0 aromatic heterocycles. The van der Waals surface area contributed by atoms with Gasteiger partial charge in [-0.15, -0.1) is 0 Å². The molecule has 0 saturated carbocycles. The molecule has 5 rings (SSSR count). The number of rotatable bonds is 15. The second-order valence-electron chi connectivity index (χ2n) is 15.6. The number of benzene rings is 3. The largest absolute Gasteiger partial charge is 0.398 e. The van der Waals surface area contributed by atoms with E-state index in [1.54, 1.807) is 36.4 Å². The third-order valence-corrected chi connectivity index (χ3v) is 9.75. The van der Waals surface area contributed by atoms with Crippen LogP contribution in [-0.4, -0.2) is 110 Å². The zero-order valence-electron chi connectivity index (χ0n) is 29.0. The Morgan fingerprint density at radius 3 is 1.81 bits per heavy atom. The van der Waals surface area contributed by atoms with Crippen molar-refractivity contribution in [2.45, 2.75) is 46.0 Å². The van der Waals surface area contributed by atoms with Crippen LogP contribution in [0.1, 0.15) is 87.4 Å². The first-order chi connectivity index (χ1) is 22.1. The smallest absolute Gasteiger partial charge is 0.263 e. The number of nitrogen functional groups attached to an aromatic ring is 1. The first-order valence-corrected chi connectivity index (χ1v) is 16.9. The van der Waals surface area contributed by atoms with Gasteiger partial charge in [-0.2, -0.15) is 0 Å². The van der Waals surface area contributed by atoms with Crippen LogP contribution in [0.5, 0.6) is 0 Å². The van der Waals surface area contributed by atoms with Gasteiger partial charge in [-0.3, -0.25) is 29.0 Å². The second kappa shape index (κ2) is 13.2. The summed E-state index contributed by atoms with van der Waals surface area (Å²) in [5, 5.41) is 1.52. The highest BCUT2D eigenvalue weighted by molar-refractivity contribution is 6.27. The molecule has 2 aliphatic rings. The fourth-order valence-corrected chi connectivity index (χ4v) is 7.68. The summed E-state index contributed by atoms with van der Waals surface area (Å²) in [6.07, 6.45) is 5.29. The Hall–Kier alpha value is -4.08. The lowest BCUT2D eigenvalue weighted by atomic mass is 9.87. The molecule has 9 nitrogen and oxygen atoms in total. The van der Waals surface area contributed by atoms with Crippen LogP contribution in [0.3, 0.4) is 0 Å². The van der Waals surface area contributed by atoms with E-state index < -0.39 is 0 Å². The van der Waals surface area contributed by atoms with Gasteiger partial charge < -0.3 is 14.7 Å². The molecule has 250 valence electrons. The monoisotopic (exact) mass is 641 g/mol. The Kier molecular flexibility index (Phi) is 9.62. The number of fused-ring (bicyclic) bond motifs is 1. The topological polar surface area (TPSA) is 101 Å². The molecule has 0 fully saturated rings. The number of unbranched alkanes of at least 4 members (excludes halogenated alkanes) is 3. The standard InChI is InChI=1S/C38H50N5O4/c1-38(2,25-41-36(46)30-18-13-15-27-19-20-31(39)33(32(27)30)37(41)47)26-43(5,6)23-12-8-7-11-22-42(3,4)24-14-21-40-34(44)28-16-9-10-17-29(28)35(40)45/h9-10,13,15-20H,7-8,11-12,14,21-26H2,1-6H3,(H-,39,46,47)/q+1/p+1. The van der Waals surface area contributed by atoms with Crippen LogP contribution in [0.25, 0.3) is 10.8 Å². The summed E-state index contributed by atoms with van der Waals surface area (Å²) in [6.45, 7) is 8.83. The minimum Gasteiger partial charge on any atom is -0.398 e. The zero-order valence-corrected chi connectivity index (χ0v) is 29.0. The highest BCUT2D eigenvalue weighted by atomic mass is 16.2. The van der Waals surface area contributed by atoms with E-state index in [1.165, 1.54) is 9.80 Å². The summed E-state index contributed by atoms with van der Waals surface area (Å²) >= 11 is 0. The quantitative estimate of drug-likeness (QED) is 0.103. The van der Waals surface area contributed by atoms with Gasteiger partial charge in [-0.1, -0.05) is 44.2 Å². The first-order valence-electron chi connectivity index (χ1n) is 16.9. The Labute approximate surface area is 279 Å². The van der Waals surface area contributed by atoms with Crippen LogP contribution >= 0.6 is 0 Å². The summed E-state index contributed by atoms with van der Waals surface area (Å²) < 4.78 is 1.66. The van der Waals surface area contributed by atoms with E-state index in [-0.39, 0.29) is 29.0 Å². The number of amides is 4. The third-order valence-electron chi connectivity index (χ3n) is 9.75. The molecule has 0 aliphatic carbocycles. The van der Waals surface area contributed by atoms with Crippen molar-refractivity contribution in [2.75, 3.05) is 73.2 Å². The first kappa shape index (κ1) is 34.3. The van der Waals surface area contributed by atoms with Gasteiger partial charge in [-0.25, -0.2) is 0 Å². The Morgan fingerprint density at radius 1 is 0.617 bits per heavy atom. The van der Waals surface area contributed by atoms with Gasteiger partial charge in [0, 0.05) is 41.6 Å². The Bertz CT molecular complexity index is 1670. The highest BCUT2D eigenvalue weighted by Crippen LogP contribution is 2.35. The number of anilines is 1. The lowest BCUT2D eigenvalue weighted by Gasteiger charge is -2.40. The number of carbonyl (C=O) groups is 4. The predicted octanol–water partition coefficient (Wildman–Crippen LogP) is 5.44. The van der Waals surface area contributed by atoms with E-state index in [0.717, 1.165) is 72.6 Å². The van der Waals surface area contributed by atoms with E-state index >= 15 is 0 Å². The molecule has 4 amide bonds. The van der Waals surface area contributed by atoms with Crippen molar-refractivity contribution in [3.05, 3.63) is 76.9 Å². The van der Waals surface area contributed by atoms with Gasteiger partial charge in [0.05, 0.1) is 71.1 Å². The van der Waals surface area contributed by atoms with Gasteiger partial charge in [0.1, 0.15) is 0 Å². The SMILES string of the molecule is CC(C)(CN1C(=O)c2cccc3ccc(N)c(c23)C1=O)C[N+](C)(C)CCCCCC[N+](C)(C)CCCN1C(=O)c2ccccc2C1=O. The summed E-state index contributed by atoms with van der Waals surface area (Å²) in [4.78, 5) is 55.2. The second-order valence-corrected chi connectivity index (χ2v) is 15.6. The molecular formula is C38H51N5O4+2. The van der Waals surface area contributed by atoms with Crippen molar-refractivity contribution in [3.63, 3.8) is 0 Å². The normalized spacial score (nSPS) is 15.3. The maximum absolute atomic E-state index is 13.6. The van der Waals surface area contributed by atoms with E-state index in [1.807, 2.05) is 18.2 Å². The lowest BCUT2D eigenvalue weighted by molar-refractivity contribution is -0.896. The lowest BCUT2D eigenvalue weighted by Crippen LogP contribution is -2.53. The van der Waals surface area contributed by atoms with E-state index in [4.69, 9.17) is 5.73 Å². The van der Waals surface area contributed by atoms with Crippen LogP contribution in [-0.2, 0) is 0 Å². The van der Waals surface area contributed by atoms with E-state index in [0.29, 0.717) is 46.4 Å². The number of carbonyl (C=O) groups excluding carboxylic acids is 4. The summed E-state index contributed by atoms with van der Waals surface area (Å²) in [6, 6.07) is 16.2. The maximum Gasteiger partial charge on any atom is 0.263 e. The van der Waals surface area contributed by atoms with E-state index in [9.17, 15) is 19.2 Å². The summed E-state index contributed by atoms with van der Waals surface area (Å²) in [7, 11) is 8.89. The fraction of sp³-hybridized carbons (Fsp3) is 0.474. The van der Waals surface area contributed by atoms with Gasteiger partial charge in [-0.05, 0) is 55.3 Å². The molecule has 9 heteroatoms. The van der Waals surface area contributed by atoms with Crippen LogP contribution < -0.4 is 5.73 Å². The van der Waals surface area contributed by atoms with Crippen molar-refractivity contribution < 1.29 is 28.1 Å². The Morgan fingerprint density at radius 2 is 1.17 bits per heavy atom. The average Bonchev–Trinajstić information content (AvgIpc) is 3.24. The molecular weight excluding hydrogens is 590 g/mol. The van der Waals surface area contributed by atoms with Crippen molar-refractivity contribution >= 4 is 40.1 Å². The van der Waals surface area contributed by atoms with Gasteiger partial charge in [0.2, 0.25) is 0 Å². The summed E-state index contributed by atoms with van der Waals surface area (Å²) in [5.41, 5.74) is 8.37. The average molecular weight is 642 g/mol. The highest BCUT2D eigenvalue weighted by Gasteiger charge is 2.40. The molecule has 0 unspecified atom stereocenters. The van der Waals surface area contributed by atoms with Crippen LogP contribution in [0, 0.1) is 5.41 Å². The van der Waals surface area contributed by atoms with Crippen LogP contribution in [0.2, 0.25) is 0 Å². The van der Waals surface area contributed by atoms with Gasteiger partial charge >= 0.3 is 0 Å². The van der Waals surface area contributed by atoms with Crippen molar-refractivity contribution in [1.82, 2.24) is 9.80 Å². The number of hydrogen-bond donors (Lipinski definition) is 1. The minimum absolute atomic E-state index is 0.178. The molecule has 0 bridgehead atoms. The van der Waals surface area contributed by atoms with Crippen molar-refractivity contribution in [3.8, 4) is 0 Å². The van der Waals surface area contributed by atoms with Crippen molar-refractivity contribution in [2.24, 2.45) is 5.41 Å². The number of nitrogens with two attached hydrogens (primary N) is 1. The zero-order chi connectivity index (χ0) is 34.1. The molecule has 2 N–H and O–H groups in total. The molecule has 0 radical (unpaired) electrons. The molecule has 2 aliphatic heterocycles. The number of quaternary nitrogens is 2. The van der Waals surface area contributed by atoms with Gasteiger partial charge in [0.15, 0.2) is 0 Å².